The minimum absolute atomic E-state index is 0.594. The van der Waals surface area contributed by atoms with E-state index in [9.17, 15) is 0 Å². The van der Waals surface area contributed by atoms with Gasteiger partial charge in [-0.1, -0.05) is 0 Å². The molecule has 1 aliphatic carbocycles. The highest BCUT2D eigenvalue weighted by Gasteiger charge is 2.30. The molecule has 70 valence electrons. The third kappa shape index (κ3) is 1.79. The van der Waals surface area contributed by atoms with E-state index in [0.717, 1.165) is 11.7 Å². The van der Waals surface area contributed by atoms with Crippen molar-refractivity contribution in [3.05, 3.63) is 18.6 Å². The number of hydrogen-bond acceptors (Lipinski definition) is 3. The fraction of sp³-hybridized carbons (Fsp3) is 0.600. The van der Waals surface area contributed by atoms with Crippen LogP contribution in [0.15, 0.2) is 18.6 Å². The molecule has 1 unspecified atom stereocenters. The lowest BCUT2D eigenvalue weighted by Gasteiger charge is -2.25. The monoisotopic (exact) mass is 177 g/mol. The van der Waals surface area contributed by atoms with Crippen LogP contribution < -0.4 is 4.90 Å². The summed E-state index contributed by atoms with van der Waals surface area (Å²) >= 11 is 0. The quantitative estimate of drug-likeness (QED) is 0.703. The summed E-state index contributed by atoms with van der Waals surface area (Å²) in [6.07, 6.45) is 8.00. The van der Waals surface area contributed by atoms with Crippen LogP contribution >= 0.6 is 0 Å². The van der Waals surface area contributed by atoms with Crippen LogP contribution in [0.3, 0.4) is 0 Å². The van der Waals surface area contributed by atoms with E-state index in [1.54, 1.807) is 12.4 Å². The molecule has 1 heterocycles. The maximum atomic E-state index is 4.27. The molecule has 3 heteroatoms. The van der Waals surface area contributed by atoms with Crippen molar-refractivity contribution in [1.29, 1.82) is 0 Å². The van der Waals surface area contributed by atoms with Gasteiger partial charge in [-0.3, -0.25) is 4.98 Å². The lowest BCUT2D eigenvalue weighted by molar-refractivity contribution is 0.603. The van der Waals surface area contributed by atoms with Gasteiger partial charge in [-0.05, 0) is 25.7 Å². The second kappa shape index (κ2) is 3.32. The molecule has 13 heavy (non-hydrogen) atoms. The first-order chi connectivity index (χ1) is 6.29. The first-order valence-corrected chi connectivity index (χ1v) is 4.78. The molecule has 1 fully saturated rings. The molecule has 0 bridgehead atoms. The van der Waals surface area contributed by atoms with Gasteiger partial charge < -0.3 is 4.90 Å². The first-order valence-electron chi connectivity index (χ1n) is 4.78. The molecule has 1 aromatic heterocycles. The van der Waals surface area contributed by atoms with Crippen LogP contribution in [0.2, 0.25) is 0 Å². The van der Waals surface area contributed by atoms with Crippen molar-refractivity contribution < 1.29 is 0 Å². The van der Waals surface area contributed by atoms with E-state index in [0.29, 0.717) is 6.04 Å². The zero-order valence-electron chi connectivity index (χ0n) is 8.14. The van der Waals surface area contributed by atoms with E-state index in [1.807, 2.05) is 6.20 Å². The molecule has 3 nitrogen and oxygen atoms in total. The predicted molar refractivity (Wildman–Crippen MR) is 52.6 cm³/mol. The standard InChI is InChI=1S/C10H15N3/c1-8(9-3-4-9)13(2)10-7-11-5-6-12-10/h5-9H,3-4H2,1-2H3. The summed E-state index contributed by atoms with van der Waals surface area (Å²) in [6, 6.07) is 0.594. The average Bonchev–Trinajstić information content (AvgIpc) is 3.00. The summed E-state index contributed by atoms with van der Waals surface area (Å²) in [5.74, 6) is 1.84. The van der Waals surface area contributed by atoms with Crippen LogP contribution in [-0.2, 0) is 0 Å². The summed E-state index contributed by atoms with van der Waals surface area (Å²) < 4.78 is 0. The van der Waals surface area contributed by atoms with Gasteiger partial charge >= 0.3 is 0 Å². The van der Waals surface area contributed by atoms with Gasteiger partial charge in [0.2, 0.25) is 0 Å². The Bertz CT molecular complexity index is 269. The van der Waals surface area contributed by atoms with E-state index in [-0.39, 0.29) is 0 Å². The number of nitrogens with zero attached hydrogens (tertiary/aromatic N) is 3. The maximum Gasteiger partial charge on any atom is 0.147 e. The van der Waals surface area contributed by atoms with E-state index in [2.05, 4.69) is 28.8 Å². The van der Waals surface area contributed by atoms with Crippen LogP contribution in [0.1, 0.15) is 19.8 Å². The van der Waals surface area contributed by atoms with Crippen LogP contribution in [0.4, 0.5) is 5.82 Å². The summed E-state index contributed by atoms with van der Waals surface area (Å²) in [5, 5.41) is 0. The van der Waals surface area contributed by atoms with Crippen LogP contribution in [-0.4, -0.2) is 23.1 Å². The Balaban J connectivity index is 2.07. The zero-order valence-corrected chi connectivity index (χ0v) is 8.14. The average molecular weight is 177 g/mol. The van der Waals surface area contributed by atoms with Crippen molar-refractivity contribution in [2.24, 2.45) is 5.92 Å². The number of hydrogen-bond donors (Lipinski definition) is 0. The Morgan fingerprint density at radius 2 is 2.23 bits per heavy atom. The Hall–Kier alpha value is -1.12. The molecule has 1 aromatic rings. The highest BCUT2D eigenvalue weighted by molar-refractivity contribution is 5.35. The smallest absolute Gasteiger partial charge is 0.147 e. The second-order valence-corrected chi connectivity index (χ2v) is 3.75. The molecule has 1 aliphatic rings. The molecule has 0 amide bonds. The van der Waals surface area contributed by atoms with Crippen molar-refractivity contribution in [2.45, 2.75) is 25.8 Å². The molecular weight excluding hydrogens is 162 g/mol. The number of anilines is 1. The van der Waals surface area contributed by atoms with Gasteiger partial charge in [-0.15, -0.1) is 0 Å². The normalized spacial score (nSPS) is 18.3. The fourth-order valence-corrected chi connectivity index (χ4v) is 1.58. The maximum absolute atomic E-state index is 4.27. The second-order valence-electron chi connectivity index (χ2n) is 3.75. The van der Waals surface area contributed by atoms with E-state index >= 15 is 0 Å². The van der Waals surface area contributed by atoms with Crippen molar-refractivity contribution in [3.8, 4) is 0 Å². The molecule has 0 saturated heterocycles. The lowest BCUT2D eigenvalue weighted by atomic mass is 10.2. The van der Waals surface area contributed by atoms with Crippen LogP contribution in [0.25, 0.3) is 0 Å². The van der Waals surface area contributed by atoms with Crippen molar-refractivity contribution in [2.75, 3.05) is 11.9 Å². The Labute approximate surface area is 78.8 Å². The Kier molecular flexibility index (Phi) is 2.17. The zero-order chi connectivity index (χ0) is 9.26. The summed E-state index contributed by atoms with van der Waals surface area (Å²) in [5.41, 5.74) is 0. The molecule has 1 atom stereocenters. The summed E-state index contributed by atoms with van der Waals surface area (Å²) in [4.78, 5) is 10.6. The largest absolute Gasteiger partial charge is 0.355 e. The SMILES string of the molecule is CC(C1CC1)N(C)c1cnccn1. The van der Waals surface area contributed by atoms with Gasteiger partial charge in [0, 0.05) is 25.5 Å². The third-order valence-corrected chi connectivity index (χ3v) is 2.83. The number of aromatic nitrogens is 2. The van der Waals surface area contributed by atoms with Gasteiger partial charge in [0.15, 0.2) is 0 Å². The van der Waals surface area contributed by atoms with E-state index in [1.165, 1.54) is 12.8 Å². The third-order valence-electron chi connectivity index (χ3n) is 2.83. The van der Waals surface area contributed by atoms with Crippen molar-refractivity contribution >= 4 is 5.82 Å². The van der Waals surface area contributed by atoms with Gasteiger partial charge in [0.05, 0.1) is 6.20 Å². The number of rotatable bonds is 3. The molecule has 1 saturated carbocycles. The van der Waals surface area contributed by atoms with Gasteiger partial charge in [0.1, 0.15) is 5.82 Å². The minimum atomic E-state index is 0.594. The van der Waals surface area contributed by atoms with E-state index < -0.39 is 0 Å². The van der Waals surface area contributed by atoms with Crippen molar-refractivity contribution in [1.82, 2.24) is 9.97 Å². The summed E-state index contributed by atoms with van der Waals surface area (Å²) in [7, 11) is 2.09. The van der Waals surface area contributed by atoms with Gasteiger partial charge in [-0.25, -0.2) is 4.98 Å². The first kappa shape index (κ1) is 8.48. The molecule has 0 aromatic carbocycles. The van der Waals surface area contributed by atoms with E-state index in [4.69, 9.17) is 0 Å². The van der Waals surface area contributed by atoms with Crippen molar-refractivity contribution in [3.63, 3.8) is 0 Å². The topological polar surface area (TPSA) is 29.0 Å². The molecular formula is C10H15N3. The fourth-order valence-electron chi connectivity index (χ4n) is 1.58. The van der Waals surface area contributed by atoms with Crippen LogP contribution in [0.5, 0.6) is 0 Å². The predicted octanol–water partition coefficient (Wildman–Crippen LogP) is 1.71. The molecule has 0 radical (unpaired) electrons. The molecule has 2 rings (SSSR count). The molecule has 0 spiro atoms. The Morgan fingerprint density at radius 1 is 1.46 bits per heavy atom. The van der Waals surface area contributed by atoms with Gasteiger partial charge in [-0.2, -0.15) is 0 Å². The highest BCUT2D eigenvalue weighted by Crippen LogP contribution is 2.35. The van der Waals surface area contributed by atoms with Crippen LogP contribution in [0, 0.1) is 5.92 Å². The summed E-state index contributed by atoms with van der Waals surface area (Å²) in [6.45, 7) is 2.26. The lowest BCUT2D eigenvalue weighted by Crippen LogP contribution is -2.31. The van der Waals surface area contributed by atoms with Gasteiger partial charge in [0.25, 0.3) is 0 Å². The molecule has 0 aliphatic heterocycles. The Morgan fingerprint density at radius 3 is 2.77 bits per heavy atom. The minimum Gasteiger partial charge on any atom is -0.355 e. The highest BCUT2D eigenvalue weighted by atomic mass is 15.2. The molecule has 0 N–H and O–H groups in total.